The Morgan fingerprint density at radius 1 is 1.33 bits per heavy atom. The van der Waals surface area contributed by atoms with Gasteiger partial charge >= 0.3 is 0 Å². The monoisotopic (exact) mass is 382 g/mol. The van der Waals surface area contributed by atoms with E-state index >= 15 is 0 Å². The van der Waals surface area contributed by atoms with Crippen LogP contribution in [-0.2, 0) is 21.2 Å². The van der Waals surface area contributed by atoms with Gasteiger partial charge in [-0.3, -0.25) is 4.79 Å². The van der Waals surface area contributed by atoms with Crippen molar-refractivity contribution in [3.05, 3.63) is 46.8 Å². The molecule has 1 saturated heterocycles. The third kappa shape index (κ3) is 4.58. The number of thiophene rings is 1. The standard InChI is InChI=1S/C16H18N2O3S3/c19-16(11-23-15-5-1-2-7-17-15)18(10-14-4-3-8-22-14)13-6-9-24(20,21)12-13/h1-5,7-8,13H,6,9-12H2. The number of hydrogen-bond donors (Lipinski definition) is 0. The minimum absolute atomic E-state index is 0.0406. The van der Waals surface area contributed by atoms with E-state index in [1.54, 1.807) is 22.4 Å². The zero-order valence-corrected chi connectivity index (χ0v) is 15.4. The molecule has 8 heteroatoms. The van der Waals surface area contributed by atoms with E-state index in [2.05, 4.69) is 4.98 Å². The SMILES string of the molecule is O=C(CSc1ccccn1)N(Cc1cccs1)C1CCS(=O)(=O)C1. The van der Waals surface area contributed by atoms with Gasteiger partial charge in [0.05, 0.1) is 28.8 Å². The minimum Gasteiger partial charge on any atom is -0.333 e. The van der Waals surface area contributed by atoms with Gasteiger partial charge in [0.25, 0.3) is 0 Å². The molecular weight excluding hydrogens is 364 g/mol. The second-order valence-electron chi connectivity index (χ2n) is 5.61. The summed E-state index contributed by atoms with van der Waals surface area (Å²) in [4.78, 5) is 19.7. The molecule has 1 aliphatic heterocycles. The van der Waals surface area contributed by atoms with Crippen molar-refractivity contribution in [2.75, 3.05) is 17.3 Å². The predicted octanol–water partition coefficient (Wildman–Crippen LogP) is 2.45. The minimum atomic E-state index is -3.03. The van der Waals surface area contributed by atoms with Crippen LogP contribution >= 0.6 is 23.1 Å². The highest BCUT2D eigenvalue weighted by Crippen LogP contribution is 2.24. The summed E-state index contributed by atoms with van der Waals surface area (Å²) in [6.45, 7) is 0.472. The largest absolute Gasteiger partial charge is 0.333 e. The van der Waals surface area contributed by atoms with Crippen LogP contribution in [0.4, 0.5) is 0 Å². The van der Waals surface area contributed by atoms with Crippen LogP contribution in [0.1, 0.15) is 11.3 Å². The zero-order chi connectivity index (χ0) is 17.0. The summed E-state index contributed by atoms with van der Waals surface area (Å²) in [6, 6.07) is 9.26. The van der Waals surface area contributed by atoms with E-state index in [4.69, 9.17) is 0 Å². The maximum absolute atomic E-state index is 12.7. The maximum atomic E-state index is 12.7. The van der Waals surface area contributed by atoms with E-state index in [-0.39, 0.29) is 29.2 Å². The molecule has 0 aromatic carbocycles. The van der Waals surface area contributed by atoms with Crippen molar-refractivity contribution in [1.82, 2.24) is 9.88 Å². The van der Waals surface area contributed by atoms with Crippen molar-refractivity contribution in [3.63, 3.8) is 0 Å². The van der Waals surface area contributed by atoms with Gasteiger partial charge in [0, 0.05) is 17.1 Å². The number of sulfone groups is 1. The van der Waals surface area contributed by atoms with Crippen molar-refractivity contribution >= 4 is 38.8 Å². The van der Waals surface area contributed by atoms with Crippen molar-refractivity contribution < 1.29 is 13.2 Å². The van der Waals surface area contributed by atoms with Gasteiger partial charge in [-0.1, -0.05) is 23.9 Å². The molecule has 1 amide bonds. The van der Waals surface area contributed by atoms with Gasteiger partial charge in [-0.25, -0.2) is 13.4 Å². The number of amides is 1. The van der Waals surface area contributed by atoms with Gasteiger partial charge in [-0.05, 0) is 30.0 Å². The fraction of sp³-hybridized carbons (Fsp3) is 0.375. The first-order valence-electron chi connectivity index (χ1n) is 7.59. The summed E-state index contributed by atoms with van der Waals surface area (Å²) >= 11 is 2.96. The quantitative estimate of drug-likeness (QED) is 0.718. The maximum Gasteiger partial charge on any atom is 0.233 e. The number of rotatable bonds is 6. The van der Waals surface area contributed by atoms with Crippen LogP contribution in [0.15, 0.2) is 46.9 Å². The van der Waals surface area contributed by atoms with Gasteiger partial charge in [-0.2, -0.15) is 0 Å². The summed E-state index contributed by atoms with van der Waals surface area (Å²) in [7, 11) is -3.03. The predicted molar refractivity (Wildman–Crippen MR) is 96.9 cm³/mol. The Morgan fingerprint density at radius 3 is 2.83 bits per heavy atom. The summed E-state index contributed by atoms with van der Waals surface area (Å²) in [5, 5.41) is 2.76. The fourth-order valence-electron chi connectivity index (χ4n) is 2.66. The number of aromatic nitrogens is 1. The van der Waals surface area contributed by atoms with Gasteiger partial charge in [0.1, 0.15) is 0 Å². The van der Waals surface area contributed by atoms with Crippen LogP contribution in [0, 0.1) is 0 Å². The molecule has 3 heterocycles. The van der Waals surface area contributed by atoms with E-state index in [1.165, 1.54) is 11.8 Å². The Bertz CT molecular complexity index is 776. The lowest BCUT2D eigenvalue weighted by Crippen LogP contribution is -2.41. The molecule has 2 aromatic heterocycles. The van der Waals surface area contributed by atoms with E-state index in [9.17, 15) is 13.2 Å². The van der Waals surface area contributed by atoms with Gasteiger partial charge in [0.15, 0.2) is 9.84 Å². The van der Waals surface area contributed by atoms with Crippen molar-refractivity contribution in [2.45, 2.75) is 24.0 Å². The average Bonchev–Trinajstić information content (AvgIpc) is 3.20. The highest BCUT2D eigenvalue weighted by molar-refractivity contribution is 7.99. The molecule has 1 unspecified atom stereocenters. The number of carbonyl (C=O) groups excluding carboxylic acids is 1. The van der Waals surface area contributed by atoms with E-state index in [0.717, 1.165) is 9.90 Å². The summed E-state index contributed by atoms with van der Waals surface area (Å²) in [6.07, 6.45) is 2.22. The lowest BCUT2D eigenvalue weighted by atomic mass is 10.2. The highest BCUT2D eigenvalue weighted by atomic mass is 32.2. The number of carbonyl (C=O) groups is 1. The van der Waals surface area contributed by atoms with Gasteiger partial charge in [0.2, 0.25) is 5.91 Å². The lowest BCUT2D eigenvalue weighted by molar-refractivity contribution is -0.130. The van der Waals surface area contributed by atoms with Crippen molar-refractivity contribution in [1.29, 1.82) is 0 Å². The molecule has 1 fully saturated rings. The molecule has 1 atom stereocenters. The summed E-state index contributed by atoms with van der Waals surface area (Å²) in [5.74, 6) is 0.456. The molecule has 0 bridgehead atoms. The van der Waals surface area contributed by atoms with E-state index in [1.807, 2.05) is 35.7 Å². The van der Waals surface area contributed by atoms with Crippen LogP contribution < -0.4 is 0 Å². The number of hydrogen-bond acceptors (Lipinski definition) is 6. The Balaban J connectivity index is 1.70. The highest BCUT2D eigenvalue weighted by Gasteiger charge is 2.34. The zero-order valence-electron chi connectivity index (χ0n) is 13.0. The topological polar surface area (TPSA) is 67.3 Å². The summed E-state index contributed by atoms with van der Waals surface area (Å²) < 4.78 is 23.6. The van der Waals surface area contributed by atoms with E-state index < -0.39 is 9.84 Å². The van der Waals surface area contributed by atoms with Crippen LogP contribution in [0.2, 0.25) is 0 Å². The Kier molecular flexibility index (Phi) is 5.57. The first kappa shape index (κ1) is 17.4. The molecule has 1 aliphatic rings. The van der Waals surface area contributed by atoms with Crippen molar-refractivity contribution in [2.24, 2.45) is 0 Å². The number of thioether (sulfide) groups is 1. The van der Waals surface area contributed by atoms with Crippen molar-refractivity contribution in [3.8, 4) is 0 Å². The number of nitrogens with zero attached hydrogens (tertiary/aromatic N) is 2. The molecule has 0 radical (unpaired) electrons. The molecule has 24 heavy (non-hydrogen) atoms. The smallest absolute Gasteiger partial charge is 0.233 e. The van der Waals surface area contributed by atoms with Crippen LogP contribution in [0.5, 0.6) is 0 Å². The van der Waals surface area contributed by atoms with E-state index in [0.29, 0.717) is 13.0 Å². The molecule has 3 rings (SSSR count). The Hall–Kier alpha value is -1.38. The lowest BCUT2D eigenvalue weighted by Gasteiger charge is -2.27. The first-order chi connectivity index (χ1) is 11.5. The van der Waals surface area contributed by atoms with Gasteiger partial charge < -0.3 is 4.90 Å². The normalized spacial score (nSPS) is 19.2. The molecule has 0 N–H and O–H groups in total. The average molecular weight is 383 g/mol. The Morgan fingerprint density at radius 2 is 2.21 bits per heavy atom. The third-order valence-electron chi connectivity index (χ3n) is 3.86. The molecule has 0 aliphatic carbocycles. The first-order valence-corrected chi connectivity index (χ1v) is 11.3. The Labute approximate surface area is 150 Å². The molecular formula is C16H18N2O3S3. The van der Waals surface area contributed by atoms with Crippen LogP contribution in [-0.4, -0.2) is 47.5 Å². The van der Waals surface area contributed by atoms with Gasteiger partial charge in [-0.15, -0.1) is 11.3 Å². The van der Waals surface area contributed by atoms with Crippen LogP contribution in [0.25, 0.3) is 0 Å². The molecule has 0 spiro atoms. The number of pyridine rings is 1. The molecule has 0 saturated carbocycles. The second kappa shape index (κ2) is 7.67. The fourth-order valence-corrected chi connectivity index (χ4v) is 5.84. The van der Waals surface area contributed by atoms with Crippen LogP contribution in [0.3, 0.4) is 0 Å². The molecule has 128 valence electrons. The molecule has 5 nitrogen and oxygen atoms in total. The second-order valence-corrected chi connectivity index (χ2v) is 9.87. The molecule has 2 aromatic rings. The third-order valence-corrected chi connectivity index (χ3v) is 7.40. The summed E-state index contributed by atoms with van der Waals surface area (Å²) in [5.41, 5.74) is 0.